The topological polar surface area (TPSA) is 69.4 Å². The third-order valence-corrected chi connectivity index (χ3v) is 3.48. The Kier molecular flexibility index (Phi) is 4.88. The first-order valence-electron chi connectivity index (χ1n) is 7.04. The van der Waals surface area contributed by atoms with Crippen molar-refractivity contribution < 1.29 is 14.5 Å². The van der Waals surface area contributed by atoms with Crippen molar-refractivity contribution in [1.29, 1.82) is 0 Å². The number of rotatable bonds is 5. The van der Waals surface area contributed by atoms with Crippen LogP contribution in [-0.2, 0) is 4.79 Å². The number of nitro benzene ring substituents is 1. The Morgan fingerprint density at radius 1 is 1.23 bits per heavy atom. The standard InChI is InChI=1S/C17H17NO4/c1-3-15(13-7-5-4-6-8-13)17(19)22-14-9-10-16(18(20)21)12(2)11-14/h4-11,15H,3H2,1-2H3. The predicted octanol–water partition coefficient (Wildman–Crippen LogP) is 4.00. The van der Waals surface area contributed by atoms with Crippen molar-refractivity contribution in [3.63, 3.8) is 0 Å². The number of nitrogens with zero attached hydrogens (tertiary/aromatic N) is 1. The second kappa shape index (κ2) is 6.85. The van der Waals surface area contributed by atoms with Gasteiger partial charge >= 0.3 is 5.97 Å². The van der Waals surface area contributed by atoms with Crippen LogP contribution in [0.25, 0.3) is 0 Å². The molecule has 2 rings (SSSR count). The molecule has 0 N–H and O–H groups in total. The SMILES string of the molecule is CCC(C(=O)Oc1ccc([N+](=O)[O-])c(C)c1)c1ccccc1. The molecule has 0 bridgehead atoms. The van der Waals surface area contributed by atoms with Crippen molar-refractivity contribution in [2.45, 2.75) is 26.2 Å². The molecule has 5 heteroatoms. The van der Waals surface area contributed by atoms with Gasteiger partial charge in [0.2, 0.25) is 0 Å². The summed E-state index contributed by atoms with van der Waals surface area (Å²) in [7, 11) is 0. The quantitative estimate of drug-likeness (QED) is 0.362. The molecule has 0 spiro atoms. The average molecular weight is 299 g/mol. The second-order valence-corrected chi connectivity index (χ2v) is 5.00. The summed E-state index contributed by atoms with van der Waals surface area (Å²) in [6.07, 6.45) is 0.620. The van der Waals surface area contributed by atoms with Crippen LogP contribution in [0.15, 0.2) is 48.5 Å². The Morgan fingerprint density at radius 2 is 1.91 bits per heavy atom. The number of carbonyl (C=O) groups excluding carboxylic acids is 1. The summed E-state index contributed by atoms with van der Waals surface area (Å²) in [5, 5.41) is 10.8. The number of nitro groups is 1. The van der Waals surface area contributed by atoms with Gasteiger partial charge in [-0.05, 0) is 31.0 Å². The second-order valence-electron chi connectivity index (χ2n) is 5.00. The average Bonchev–Trinajstić information content (AvgIpc) is 2.48. The van der Waals surface area contributed by atoms with E-state index in [1.54, 1.807) is 6.92 Å². The van der Waals surface area contributed by atoms with Crippen molar-refractivity contribution in [2.75, 3.05) is 0 Å². The lowest BCUT2D eigenvalue weighted by Crippen LogP contribution is -2.18. The predicted molar refractivity (Wildman–Crippen MR) is 82.9 cm³/mol. The Hall–Kier alpha value is -2.69. The molecule has 0 radical (unpaired) electrons. The van der Waals surface area contributed by atoms with Crippen molar-refractivity contribution in [3.8, 4) is 5.75 Å². The Morgan fingerprint density at radius 3 is 2.45 bits per heavy atom. The number of ether oxygens (including phenoxy) is 1. The van der Waals surface area contributed by atoms with Crippen molar-refractivity contribution in [2.24, 2.45) is 0 Å². The fraction of sp³-hybridized carbons (Fsp3) is 0.235. The van der Waals surface area contributed by atoms with Crippen LogP contribution in [-0.4, -0.2) is 10.9 Å². The molecule has 2 aromatic carbocycles. The van der Waals surface area contributed by atoms with E-state index in [1.807, 2.05) is 37.3 Å². The Balaban J connectivity index is 2.17. The molecule has 0 amide bonds. The summed E-state index contributed by atoms with van der Waals surface area (Å²) in [6.45, 7) is 3.53. The molecule has 5 nitrogen and oxygen atoms in total. The molecular weight excluding hydrogens is 282 g/mol. The summed E-state index contributed by atoms with van der Waals surface area (Å²) >= 11 is 0. The van der Waals surface area contributed by atoms with Crippen LogP contribution in [0.5, 0.6) is 5.75 Å². The normalized spacial score (nSPS) is 11.7. The number of benzene rings is 2. The van der Waals surface area contributed by atoms with E-state index in [2.05, 4.69) is 0 Å². The minimum atomic E-state index is -0.459. The number of aryl methyl sites for hydroxylation is 1. The first kappa shape index (κ1) is 15.7. The maximum absolute atomic E-state index is 12.3. The van der Waals surface area contributed by atoms with Gasteiger partial charge in [0.15, 0.2) is 0 Å². The van der Waals surface area contributed by atoms with Gasteiger partial charge in [-0.2, -0.15) is 0 Å². The van der Waals surface area contributed by atoms with Gasteiger partial charge in [0, 0.05) is 11.6 Å². The van der Waals surface area contributed by atoms with Crippen molar-refractivity contribution in [3.05, 3.63) is 69.8 Å². The monoisotopic (exact) mass is 299 g/mol. The molecule has 0 aliphatic rings. The fourth-order valence-corrected chi connectivity index (χ4v) is 2.31. The van der Waals surface area contributed by atoms with Gasteiger partial charge in [0.25, 0.3) is 5.69 Å². The molecule has 0 aliphatic heterocycles. The van der Waals surface area contributed by atoms with E-state index in [0.717, 1.165) is 5.56 Å². The Labute approximate surface area is 128 Å². The molecular formula is C17H17NO4. The van der Waals surface area contributed by atoms with Crippen LogP contribution in [0.3, 0.4) is 0 Å². The molecule has 1 unspecified atom stereocenters. The van der Waals surface area contributed by atoms with Crippen LogP contribution in [0.1, 0.15) is 30.4 Å². The van der Waals surface area contributed by atoms with E-state index >= 15 is 0 Å². The maximum Gasteiger partial charge on any atom is 0.318 e. The van der Waals surface area contributed by atoms with E-state index in [1.165, 1.54) is 18.2 Å². The number of carbonyl (C=O) groups is 1. The highest BCUT2D eigenvalue weighted by molar-refractivity contribution is 5.80. The molecule has 1 atom stereocenters. The first-order valence-corrected chi connectivity index (χ1v) is 7.04. The van der Waals surface area contributed by atoms with E-state index in [0.29, 0.717) is 17.7 Å². The highest BCUT2D eigenvalue weighted by Gasteiger charge is 2.21. The summed E-state index contributed by atoms with van der Waals surface area (Å²) in [6, 6.07) is 13.7. The summed E-state index contributed by atoms with van der Waals surface area (Å²) < 4.78 is 5.38. The van der Waals surface area contributed by atoms with E-state index in [4.69, 9.17) is 4.74 Å². The van der Waals surface area contributed by atoms with Gasteiger partial charge in [0.05, 0.1) is 10.8 Å². The zero-order chi connectivity index (χ0) is 16.1. The van der Waals surface area contributed by atoms with Gasteiger partial charge in [-0.1, -0.05) is 37.3 Å². The van der Waals surface area contributed by atoms with Gasteiger partial charge in [-0.3, -0.25) is 14.9 Å². The highest BCUT2D eigenvalue weighted by Crippen LogP contribution is 2.26. The van der Waals surface area contributed by atoms with E-state index in [9.17, 15) is 14.9 Å². The van der Waals surface area contributed by atoms with E-state index in [-0.39, 0.29) is 17.6 Å². The molecule has 0 heterocycles. The first-order chi connectivity index (χ1) is 10.5. The molecule has 0 saturated carbocycles. The van der Waals surface area contributed by atoms with Gasteiger partial charge in [0.1, 0.15) is 5.75 Å². The fourth-order valence-electron chi connectivity index (χ4n) is 2.31. The Bertz CT molecular complexity index is 682. The highest BCUT2D eigenvalue weighted by atomic mass is 16.6. The number of hydrogen-bond donors (Lipinski definition) is 0. The van der Waals surface area contributed by atoms with Crippen LogP contribution < -0.4 is 4.74 Å². The van der Waals surface area contributed by atoms with Gasteiger partial charge in [-0.15, -0.1) is 0 Å². The molecule has 0 aliphatic carbocycles. The summed E-state index contributed by atoms with van der Waals surface area (Å²) in [4.78, 5) is 22.7. The molecule has 22 heavy (non-hydrogen) atoms. The number of hydrogen-bond acceptors (Lipinski definition) is 4. The van der Waals surface area contributed by atoms with Gasteiger partial charge in [-0.25, -0.2) is 0 Å². The molecule has 0 aromatic heterocycles. The zero-order valence-electron chi connectivity index (χ0n) is 12.5. The lowest BCUT2D eigenvalue weighted by atomic mass is 9.97. The molecule has 0 fully saturated rings. The largest absolute Gasteiger partial charge is 0.426 e. The van der Waals surface area contributed by atoms with Crippen LogP contribution >= 0.6 is 0 Å². The third-order valence-electron chi connectivity index (χ3n) is 3.48. The van der Waals surface area contributed by atoms with Gasteiger partial charge < -0.3 is 4.74 Å². The smallest absolute Gasteiger partial charge is 0.318 e. The maximum atomic E-state index is 12.3. The van der Waals surface area contributed by atoms with Crippen molar-refractivity contribution in [1.82, 2.24) is 0 Å². The lowest BCUT2D eigenvalue weighted by molar-refractivity contribution is -0.385. The molecule has 2 aromatic rings. The van der Waals surface area contributed by atoms with Crippen LogP contribution in [0.2, 0.25) is 0 Å². The minimum absolute atomic E-state index is 0.00917. The molecule has 0 saturated heterocycles. The summed E-state index contributed by atoms with van der Waals surface area (Å²) in [5.41, 5.74) is 1.37. The number of esters is 1. The van der Waals surface area contributed by atoms with E-state index < -0.39 is 4.92 Å². The van der Waals surface area contributed by atoms with Crippen LogP contribution in [0, 0.1) is 17.0 Å². The van der Waals surface area contributed by atoms with Crippen LogP contribution in [0.4, 0.5) is 5.69 Å². The lowest BCUT2D eigenvalue weighted by Gasteiger charge is -2.14. The third kappa shape index (κ3) is 3.49. The summed E-state index contributed by atoms with van der Waals surface area (Å²) in [5.74, 6) is -0.388. The minimum Gasteiger partial charge on any atom is -0.426 e. The van der Waals surface area contributed by atoms with Crippen molar-refractivity contribution >= 4 is 11.7 Å². The molecule has 114 valence electrons. The zero-order valence-corrected chi connectivity index (χ0v) is 12.5.